The lowest BCUT2D eigenvalue weighted by Crippen LogP contribution is -2.04. The fourth-order valence-electron chi connectivity index (χ4n) is 2.80. The lowest BCUT2D eigenvalue weighted by molar-refractivity contribution is -0.120. The third kappa shape index (κ3) is 2.94. The molecule has 2 atom stereocenters. The van der Waals surface area contributed by atoms with E-state index in [4.69, 9.17) is 28.5 Å². The van der Waals surface area contributed by atoms with Crippen molar-refractivity contribution in [2.75, 3.05) is 0 Å². The lowest BCUT2D eigenvalue weighted by Gasteiger charge is -2.04. The molecule has 0 N–H and O–H groups in total. The van der Waals surface area contributed by atoms with Gasteiger partial charge in [0.25, 0.3) is 0 Å². The van der Waals surface area contributed by atoms with Crippen molar-refractivity contribution in [3.8, 4) is 6.07 Å². The topological polar surface area (TPSA) is 40.9 Å². The molecule has 0 aromatic heterocycles. The molecule has 0 bridgehead atoms. The summed E-state index contributed by atoms with van der Waals surface area (Å²) in [5.74, 6) is 0.00447. The number of carbonyl (C=O) groups excluding carboxylic acids is 1. The maximum absolute atomic E-state index is 11.9. The third-order valence-electron chi connectivity index (χ3n) is 3.67. The van der Waals surface area contributed by atoms with Crippen molar-refractivity contribution in [1.82, 2.24) is 0 Å². The number of ketones is 1. The first-order chi connectivity index (χ1) is 8.37. The molecule has 0 heterocycles. The van der Waals surface area contributed by atoms with Crippen LogP contribution in [0.5, 0.6) is 0 Å². The number of halogens is 2. The zero-order valence-corrected chi connectivity index (χ0v) is 11.7. The Morgan fingerprint density at radius 3 is 2.32 bits per heavy atom. The third-order valence-corrected chi connectivity index (χ3v) is 4.11. The van der Waals surface area contributed by atoms with E-state index in [1.54, 1.807) is 6.07 Å². The molecule has 1 unspecified atom stereocenters. The minimum Gasteiger partial charge on any atom is -0.298 e. The summed E-state index contributed by atoms with van der Waals surface area (Å²) in [4.78, 5) is 11.9. The lowest BCUT2D eigenvalue weighted by atomic mass is 10.0. The molecule has 0 radical (unpaired) electrons. The Balaban J connectivity index is 0.00000180. The largest absolute Gasteiger partial charge is 0.298 e. The molecule has 1 aliphatic rings. The molecule has 0 amide bonds. The van der Waals surface area contributed by atoms with E-state index in [-0.39, 0.29) is 36.9 Å². The highest BCUT2D eigenvalue weighted by atomic mass is 35.5. The van der Waals surface area contributed by atoms with Gasteiger partial charge in [0, 0.05) is 21.9 Å². The quantitative estimate of drug-likeness (QED) is 0.800. The van der Waals surface area contributed by atoms with E-state index in [0.29, 0.717) is 10.0 Å². The first-order valence-electron chi connectivity index (χ1n) is 5.73. The van der Waals surface area contributed by atoms with E-state index in [1.165, 1.54) is 0 Å². The Hall–Kier alpha value is -1.04. The number of carbonyl (C=O) groups is 1. The van der Waals surface area contributed by atoms with Gasteiger partial charge in [-0.3, -0.25) is 4.79 Å². The smallest absolute Gasteiger partial charge is 0.151 e. The first-order valence-corrected chi connectivity index (χ1v) is 6.49. The van der Waals surface area contributed by atoms with Crippen LogP contribution >= 0.6 is 23.2 Å². The molecular formula is C15H17Cl2NO. The minimum absolute atomic E-state index is 0. The maximum atomic E-state index is 11.9. The monoisotopic (exact) mass is 297 g/mol. The summed E-state index contributed by atoms with van der Waals surface area (Å²) in [7, 11) is 0. The highest BCUT2D eigenvalue weighted by Crippen LogP contribution is 2.65. The summed E-state index contributed by atoms with van der Waals surface area (Å²) in [6, 6.07) is 7.29. The molecule has 1 fully saturated rings. The normalized spacial score (nSPS) is 23.1. The van der Waals surface area contributed by atoms with Gasteiger partial charge in [-0.2, -0.15) is 5.26 Å². The molecule has 0 saturated heterocycles. The standard InChI is InChI=1S/C14H13Cl2NO.CH4/c1-14(2)12(13(14)11(18)3-4-17)8-5-9(15)7-10(16)6-8;/h5-7,12-13H,3H2,1-2H3;1H4/t12?,13-;/m1./s1. The van der Waals surface area contributed by atoms with E-state index in [2.05, 4.69) is 0 Å². The van der Waals surface area contributed by atoms with Crippen molar-refractivity contribution in [3.05, 3.63) is 33.8 Å². The number of benzene rings is 1. The zero-order chi connectivity index (χ0) is 13.5. The van der Waals surface area contributed by atoms with Gasteiger partial charge >= 0.3 is 0 Å². The number of rotatable bonds is 3. The summed E-state index contributed by atoms with van der Waals surface area (Å²) in [6.07, 6.45) is -0.0289. The van der Waals surface area contributed by atoms with E-state index in [9.17, 15) is 4.79 Å². The first kappa shape index (κ1) is 16.0. The fourth-order valence-corrected chi connectivity index (χ4v) is 3.35. The van der Waals surface area contributed by atoms with Crippen molar-refractivity contribution >= 4 is 29.0 Å². The van der Waals surface area contributed by atoms with Gasteiger partial charge in [-0.25, -0.2) is 0 Å². The second-order valence-electron chi connectivity index (χ2n) is 5.28. The zero-order valence-electron chi connectivity index (χ0n) is 10.2. The molecular weight excluding hydrogens is 281 g/mol. The van der Waals surface area contributed by atoms with Gasteiger partial charge in [-0.1, -0.05) is 44.5 Å². The molecule has 2 nitrogen and oxygen atoms in total. The molecule has 1 aromatic carbocycles. The summed E-state index contributed by atoms with van der Waals surface area (Å²) >= 11 is 12.0. The van der Waals surface area contributed by atoms with E-state index < -0.39 is 0 Å². The maximum Gasteiger partial charge on any atom is 0.151 e. The highest BCUT2D eigenvalue weighted by Gasteiger charge is 2.61. The Morgan fingerprint density at radius 1 is 1.32 bits per heavy atom. The minimum atomic E-state index is -0.123. The van der Waals surface area contributed by atoms with Crippen LogP contribution in [0.1, 0.15) is 39.2 Å². The Labute approximate surface area is 124 Å². The predicted molar refractivity (Wildman–Crippen MR) is 78.4 cm³/mol. The van der Waals surface area contributed by atoms with E-state index >= 15 is 0 Å². The molecule has 0 spiro atoms. The average molecular weight is 298 g/mol. The summed E-state index contributed by atoms with van der Waals surface area (Å²) in [5, 5.41) is 9.77. The van der Waals surface area contributed by atoms with Crippen molar-refractivity contribution in [2.45, 2.75) is 33.6 Å². The number of hydrogen-bond donors (Lipinski definition) is 0. The Morgan fingerprint density at radius 2 is 1.84 bits per heavy atom. The van der Waals surface area contributed by atoms with Gasteiger partial charge in [0.1, 0.15) is 0 Å². The molecule has 0 aliphatic heterocycles. The summed E-state index contributed by atoms with van der Waals surface area (Å²) in [5.41, 5.74) is 0.857. The van der Waals surface area contributed by atoms with Crippen LogP contribution < -0.4 is 0 Å². The van der Waals surface area contributed by atoms with Crippen LogP contribution in [0.3, 0.4) is 0 Å². The molecule has 2 rings (SSSR count). The fraction of sp³-hybridized carbons (Fsp3) is 0.467. The molecule has 102 valence electrons. The number of Topliss-reactive ketones (excluding diaryl/α,β-unsaturated/α-hetero) is 1. The van der Waals surface area contributed by atoms with Gasteiger partial charge < -0.3 is 0 Å². The van der Waals surface area contributed by atoms with Gasteiger partial charge in [0.15, 0.2) is 5.78 Å². The van der Waals surface area contributed by atoms with Gasteiger partial charge in [-0.05, 0) is 29.2 Å². The molecule has 1 aliphatic carbocycles. The second kappa shape index (κ2) is 5.53. The van der Waals surface area contributed by atoms with Crippen LogP contribution in [-0.2, 0) is 4.79 Å². The number of nitrogens with zero attached hydrogens (tertiary/aromatic N) is 1. The van der Waals surface area contributed by atoms with E-state index in [1.807, 2.05) is 32.0 Å². The van der Waals surface area contributed by atoms with Crippen molar-refractivity contribution in [3.63, 3.8) is 0 Å². The van der Waals surface area contributed by atoms with E-state index in [0.717, 1.165) is 5.56 Å². The SMILES string of the molecule is C.CC1(C)C(c2cc(Cl)cc(Cl)c2)[C@H]1C(=O)CC#N. The molecule has 1 aromatic rings. The molecule has 19 heavy (non-hydrogen) atoms. The van der Waals surface area contributed by atoms with Crippen molar-refractivity contribution < 1.29 is 4.79 Å². The molecule has 1 saturated carbocycles. The Kier molecular flexibility index (Phi) is 4.66. The average Bonchev–Trinajstić information content (AvgIpc) is 2.80. The van der Waals surface area contributed by atoms with Crippen molar-refractivity contribution in [1.29, 1.82) is 5.26 Å². The van der Waals surface area contributed by atoms with Crippen LogP contribution in [-0.4, -0.2) is 5.78 Å². The number of nitriles is 1. The second-order valence-corrected chi connectivity index (χ2v) is 6.15. The number of hydrogen-bond acceptors (Lipinski definition) is 2. The summed E-state index contributed by atoms with van der Waals surface area (Å²) < 4.78 is 0. The Bertz CT molecular complexity index is 525. The van der Waals surface area contributed by atoms with Crippen molar-refractivity contribution in [2.24, 2.45) is 11.3 Å². The van der Waals surface area contributed by atoms with Gasteiger partial charge in [0.05, 0.1) is 12.5 Å². The van der Waals surface area contributed by atoms with Crippen LogP contribution in [0.25, 0.3) is 0 Å². The van der Waals surface area contributed by atoms with Gasteiger partial charge in [-0.15, -0.1) is 0 Å². The van der Waals surface area contributed by atoms with Gasteiger partial charge in [0.2, 0.25) is 0 Å². The highest BCUT2D eigenvalue weighted by molar-refractivity contribution is 6.34. The van der Waals surface area contributed by atoms with Crippen LogP contribution in [0.4, 0.5) is 0 Å². The summed E-state index contributed by atoms with van der Waals surface area (Å²) in [6.45, 7) is 4.07. The predicted octanol–water partition coefficient (Wildman–Crippen LogP) is 4.85. The van der Waals surface area contributed by atoms with Crippen LogP contribution in [0, 0.1) is 22.7 Å². The van der Waals surface area contributed by atoms with Crippen LogP contribution in [0.15, 0.2) is 18.2 Å². The molecule has 4 heteroatoms. The van der Waals surface area contributed by atoms with Crippen LogP contribution in [0.2, 0.25) is 10.0 Å².